The van der Waals surface area contributed by atoms with Crippen molar-refractivity contribution in [1.29, 1.82) is 0 Å². The second kappa shape index (κ2) is 7.54. The highest BCUT2D eigenvalue weighted by molar-refractivity contribution is 5.96. The molecular weight excluding hydrogens is 297 g/mol. The average molecular weight is 315 g/mol. The maximum absolute atomic E-state index is 12.8. The molecule has 0 heterocycles. The molecule has 0 saturated carbocycles. The van der Waals surface area contributed by atoms with Gasteiger partial charge in [-0.25, -0.2) is 4.39 Å². The van der Waals surface area contributed by atoms with Gasteiger partial charge in [0.1, 0.15) is 11.6 Å². The summed E-state index contributed by atoms with van der Waals surface area (Å²) in [7, 11) is 0. The lowest BCUT2D eigenvalue weighted by Gasteiger charge is -2.13. The van der Waals surface area contributed by atoms with Gasteiger partial charge >= 0.3 is 0 Å². The molecule has 23 heavy (non-hydrogen) atoms. The van der Waals surface area contributed by atoms with E-state index in [0.29, 0.717) is 5.56 Å². The van der Waals surface area contributed by atoms with Crippen molar-refractivity contribution in [2.45, 2.75) is 25.8 Å². The Hall–Kier alpha value is -2.69. The second-order valence-corrected chi connectivity index (χ2v) is 5.45. The van der Waals surface area contributed by atoms with Crippen molar-refractivity contribution in [2.75, 3.05) is 0 Å². The molecule has 2 aromatic rings. The standard InChI is InChI=1S/C18H18FNO3/c1-12(10-17(22)14-4-6-15(19)7-5-14)20-18(23)11-13-2-8-16(21)9-3-13/h2-9,12,21H,10-11H2,1H3,(H,20,23)/t12-/m1/s1. The number of ketones is 1. The molecule has 0 fully saturated rings. The molecule has 2 N–H and O–H groups in total. The van der Waals surface area contributed by atoms with E-state index in [1.54, 1.807) is 19.1 Å². The van der Waals surface area contributed by atoms with Crippen LogP contribution < -0.4 is 5.32 Å². The Kier molecular flexibility index (Phi) is 5.46. The van der Waals surface area contributed by atoms with Crippen LogP contribution in [0.15, 0.2) is 48.5 Å². The normalized spacial score (nSPS) is 11.7. The first-order valence-corrected chi connectivity index (χ1v) is 7.30. The van der Waals surface area contributed by atoms with Crippen LogP contribution in [0.25, 0.3) is 0 Å². The Morgan fingerprint density at radius 1 is 1.09 bits per heavy atom. The number of carbonyl (C=O) groups excluding carboxylic acids is 2. The SMILES string of the molecule is C[C@H](CC(=O)c1ccc(F)cc1)NC(=O)Cc1ccc(O)cc1. The lowest BCUT2D eigenvalue weighted by atomic mass is 10.0. The summed E-state index contributed by atoms with van der Waals surface area (Å²) in [6, 6.07) is 11.4. The summed E-state index contributed by atoms with van der Waals surface area (Å²) in [4.78, 5) is 24.0. The van der Waals surface area contributed by atoms with Gasteiger partial charge in [-0.3, -0.25) is 9.59 Å². The van der Waals surface area contributed by atoms with Gasteiger partial charge in [0.2, 0.25) is 5.91 Å². The number of amides is 1. The van der Waals surface area contributed by atoms with Crippen LogP contribution in [0.4, 0.5) is 4.39 Å². The second-order valence-electron chi connectivity index (χ2n) is 5.45. The van der Waals surface area contributed by atoms with Crippen LogP contribution in [0.3, 0.4) is 0 Å². The number of phenols is 1. The first-order chi connectivity index (χ1) is 10.9. The van der Waals surface area contributed by atoms with Gasteiger partial charge in [0, 0.05) is 18.0 Å². The average Bonchev–Trinajstić information content (AvgIpc) is 2.50. The quantitative estimate of drug-likeness (QED) is 0.806. The minimum atomic E-state index is -0.392. The third-order valence-corrected chi connectivity index (χ3v) is 3.37. The van der Waals surface area contributed by atoms with E-state index in [4.69, 9.17) is 0 Å². The molecule has 0 saturated heterocycles. The Bertz CT molecular complexity index is 680. The molecule has 0 unspecified atom stereocenters. The number of hydrogen-bond acceptors (Lipinski definition) is 3. The van der Waals surface area contributed by atoms with Crippen LogP contribution in [0.1, 0.15) is 29.3 Å². The van der Waals surface area contributed by atoms with E-state index >= 15 is 0 Å². The number of halogens is 1. The maximum Gasteiger partial charge on any atom is 0.224 e. The highest BCUT2D eigenvalue weighted by Crippen LogP contribution is 2.11. The zero-order chi connectivity index (χ0) is 16.8. The van der Waals surface area contributed by atoms with Crippen LogP contribution >= 0.6 is 0 Å². The molecule has 1 amide bonds. The minimum Gasteiger partial charge on any atom is -0.508 e. The van der Waals surface area contributed by atoms with Gasteiger partial charge in [-0.15, -0.1) is 0 Å². The molecule has 0 aliphatic rings. The summed E-state index contributed by atoms with van der Waals surface area (Å²) in [5, 5.41) is 12.0. The molecule has 2 aromatic carbocycles. The number of nitrogens with one attached hydrogen (secondary N) is 1. The summed E-state index contributed by atoms with van der Waals surface area (Å²) in [6.07, 6.45) is 0.322. The molecule has 0 aromatic heterocycles. The molecule has 0 bridgehead atoms. The lowest BCUT2D eigenvalue weighted by Crippen LogP contribution is -2.35. The monoisotopic (exact) mass is 315 g/mol. The molecular formula is C18H18FNO3. The van der Waals surface area contributed by atoms with Gasteiger partial charge in [0.15, 0.2) is 5.78 Å². The summed E-state index contributed by atoms with van der Waals surface area (Å²) < 4.78 is 12.8. The topological polar surface area (TPSA) is 66.4 Å². The Labute approximate surface area is 134 Å². The van der Waals surface area contributed by atoms with E-state index in [2.05, 4.69) is 5.32 Å². The summed E-state index contributed by atoms with van der Waals surface area (Å²) >= 11 is 0. The van der Waals surface area contributed by atoms with E-state index in [1.165, 1.54) is 36.4 Å². The van der Waals surface area contributed by atoms with Crippen molar-refractivity contribution in [1.82, 2.24) is 5.32 Å². The Morgan fingerprint density at radius 2 is 1.70 bits per heavy atom. The zero-order valence-electron chi connectivity index (χ0n) is 12.8. The smallest absolute Gasteiger partial charge is 0.224 e. The molecule has 0 radical (unpaired) electrons. The van der Waals surface area contributed by atoms with Gasteiger partial charge in [-0.05, 0) is 48.9 Å². The highest BCUT2D eigenvalue weighted by Gasteiger charge is 2.14. The van der Waals surface area contributed by atoms with Gasteiger partial charge in [0.05, 0.1) is 6.42 Å². The third kappa shape index (κ3) is 5.21. The molecule has 0 spiro atoms. The molecule has 1 atom stereocenters. The highest BCUT2D eigenvalue weighted by atomic mass is 19.1. The first kappa shape index (κ1) is 16.7. The van der Waals surface area contributed by atoms with Crippen LogP contribution in [0.5, 0.6) is 5.75 Å². The van der Waals surface area contributed by atoms with Gasteiger partial charge in [0.25, 0.3) is 0 Å². The van der Waals surface area contributed by atoms with Crippen LogP contribution in [0.2, 0.25) is 0 Å². The van der Waals surface area contributed by atoms with Crippen LogP contribution in [0, 0.1) is 5.82 Å². The van der Waals surface area contributed by atoms with Crippen molar-refractivity contribution >= 4 is 11.7 Å². The fourth-order valence-electron chi connectivity index (χ4n) is 2.21. The van der Waals surface area contributed by atoms with Crippen molar-refractivity contribution in [3.8, 4) is 5.75 Å². The van der Waals surface area contributed by atoms with Crippen molar-refractivity contribution in [3.63, 3.8) is 0 Å². The molecule has 2 rings (SSSR count). The van der Waals surface area contributed by atoms with E-state index in [-0.39, 0.29) is 36.3 Å². The van der Waals surface area contributed by atoms with E-state index in [9.17, 15) is 19.1 Å². The first-order valence-electron chi connectivity index (χ1n) is 7.30. The number of rotatable bonds is 6. The Morgan fingerprint density at radius 3 is 2.30 bits per heavy atom. The fraction of sp³-hybridized carbons (Fsp3) is 0.222. The summed E-state index contributed by atoms with van der Waals surface area (Å²) in [5.74, 6) is -0.596. The van der Waals surface area contributed by atoms with Crippen molar-refractivity contribution in [2.24, 2.45) is 0 Å². The predicted octanol–water partition coefficient (Wildman–Crippen LogP) is 2.85. The predicted molar refractivity (Wildman–Crippen MR) is 84.8 cm³/mol. The molecule has 4 nitrogen and oxygen atoms in total. The van der Waals surface area contributed by atoms with Crippen LogP contribution in [-0.4, -0.2) is 22.8 Å². The largest absolute Gasteiger partial charge is 0.508 e. The minimum absolute atomic E-state index is 0.146. The van der Waals surface area contributed by atoms with Gasteiger partial charge < -0.3 is 10.4 Å². The number of Topliss-reactive ketones (excluding diaryl/α,β-unsaturated/α-hetero) is 1. The number of hydrogen-bond donors (Lipinski definition) is 2. The van der Waals surface area contributed by atoms with Gasteiger partial charge in [-0.1, -0.05) is 12.1 Å². The number of aromatic hydroxyl groups is 1. The number of phenolic OH excluding ortho intramolecular Hbond substituents is 1. The summed E-state index contributed by atoms with van der Waals surface area (Å²) in [6.45, 7) is 1.75. The van der Waals surface area contributed by atoms with Gasteiger partial charge in [-0.2, -0.15) is 0 Å². The molecule has 0 aliphatic heterocycles. The van der Waals surface area contributed by atoms with Crippen molar-refractivity contribution in [3.05, 3.63) is 65.5 Å². The Balaban J connectivity index is 1.84. The third-order valence-electron chi connectivity index (χ3n) is 3.37. The molecule has 120 valence electrons. The van der Waals surface area contributed by atoms with Crippen LogP contribution in [-0.2, 0) is 11.2 Å². The van der Waals surface area contributed by atoms with E-state index in [1.807, 2.05) is 0 Å². The fourth-order valence-corrected chi connectivity index (χ4v) is 2.21. The molecule has 5 heteroatoms. The van der Waals surface area contributed by atoms with E-state index in [0.717, 1.165) is 5.56 Å². The molecule has 0 aliphatic carbocycles. The van der Waals surface area contributed by atoms with E-state index < -0.39 is 5.82 Å². The summed E-state index contributed by atoms with van der Waals surface area (Å²) in [5.41, 5.74) is 1.20. The maximum atomic E-state index is 12.8. The van der Waals surface area contributed by atoms with Crippen molar-refractivity contribution < 1.29 is 19.1 Å². The lowest BCUT2D eigenvalue weighted by molar-refractivity contribution is -0.121. The number of benzene rings is 2. The zero-order valence-corrected chi connectivity index (χ0v) is 12.8. The number of carbonyl (C=O) groups is 2.